The molecular formula is C18H24N4O2. The van der Waals surface area contributed by atoms with E-state index in [1.165, 1.54) is 6.42 Å². The number of likely N-dealkylation sites (tertiary alicyclic amines) is 1. The summed E-state index contributed by atoms with van der Waals surface area (Å²) >= 11 is 0. The Hall–Kier alpha value is -1.92. The first-order valence-electron chi connectivity index (χ1n) is 8.86. The number of pyridine rings is 1. The zero-order valence-electron chi connectivity index (χ0n) is 13.9. The number of amides is 1. The second kappa shape index (κ2) is 6.91. The van der Waals surface area contributed by atoms with Gasteiger partial charge in [-0.15, -0.1) is 0 Å². The maximum absolute atomic E-state index is 13.2. The number of aromatic nitrogens is 2. The molecule has 0 aromatic carbocycles. The van der Waals surface area contributed by atoms with Crippen molar-refractivity contribution in [1.82, 2.24) is 19.4 Å². The van der Waals surface area contributed by atoms with Gasteiger partial charge >= 0.3 is 0 Å². The number of fused-ring (bicyclic) bond motifs is 1. The van der Waals surface area contributed by atoms with Gasteiger partial charge in [-0.05, 0) is 31.4 Å². The molecule has 2 aliphatic rings. The Morgan fingerprint density at radius 3 is 2.96 bits per heavy atom. The molecule has 6 nitrogen and oxygen atoms in total. The molecule has 128 valence electrons. The lowest BCUT2D eigenvalue weighted by Gasteiger charge is -2.39. The van der Waals surface area contributed by atoms with Crippen LogP contribution in [0.4, 0.5) is 0 Å². The first-order valence-corrected chi connectivity index (χ1v) is 8.86. The molecule has 6 heteroatoms. The number of piperidine rings is 1. The molecule has 0 spiro atoms. The Labute approximate surface area is 142 Å². The van der Waals surface area contributed by atoms with Gasteiger partial charge in [0.2, 0.25) is 0 Å². The predicted octanol–water partition coefficient (Wildman–Crippen LogP) is 1.66. The van der Waals surface area contributed by atoms with Crippen molar-refractivity contribution in [3.63, 3.8) is 0 Å². The summed E-state index contributed by atoms with van der Waals surface area (Å²) in [4.78, 5) is 17.7. The van der Waals surface area contributed by atoms with Crippen molar-refractivity contribution in [2.45, 2.75) is 25.3 Å². The lowest BCUT2D eigenvalue weighted by molar-refractivity contribution is 0.0166. The first-order chi connectivity index (χ1) is 11.8. The molecule has 2 aliphatic heterocycles. The van der Waals surface area contributed by atoms with E-state index >= 15 is 0 Å². The fourth-order valence-corrected chi connectivity index (χ4v) is 3.79. The van der Waals surface area contributed by atoms with Crippen LogP contribution in [-0.2, 0) is 4.74 Å². The van der Waals surface area contributed by atoms with E-state index in [0.29, 0.717) is 11.6 Å². The Morgan fingerprint density at radius 1 is 1.21 bits per heavy atom. The van der Waals surface area contributed by atoms with Crippen molar-refractivity contribution in [2.24, 2.45) is 0 Å². The van der Waals surface area contributed by atoms with Crippen molar-refractivity contribution in [2.75, 3.05) is 39.4 Å². The number of carbonyl (C=O) groups excluding carboxylic acids is 1. The van der Waals surface area contributed by atoms with Gasteiger partial charge in [-0.25, -0.2) is 4.52 Å². The maximum Gasteiger partial charge on any atom is 0.257 e. The molecule has 4 heterocycles. The SMILES string of the molecule is O=C(c1cnn2ccccc12)N1CCCC[C@@H]1CN1CCOCC1. The average Bonchev–Trinajstić information content (AvgIpc) is 3.07. The van der Waals surface area contributed by atoms with Crippen molar-refractivity contribution in [3.8, 4) is 0 Å². The second-order valence-electron chi connectivity index (χ2n) is 6.65. The minimum absolute atomic E-state index is 0.120. The minimum atomic E-state index is 0.120. The second-order valence-corrected chi connectivity index (χ2v) is 6.65. The molecule has 24 heavy (non-hydrogen) atoms. The fourth-order valence-electron chi connectivity index (χ4n) is 3.79. The Bertz CT molecular complexity index is 708. The molecule has 2 aromatic rings. The van der Waals surface area contributed by atoms with Crippen LogP contribution < -0.4 is 0 Å². The summed E-state index contributed by atoms with van der Waals surface area (Å²) < 4.78 is 7.21. The van der Waals surface area contributed by atoms with Crippen LogP contribution in [0.1, 0.15) is 29.6 Å². The smallest absolute Gasteiger partial charge is 0.257 e. The van der Waals surface area contributed by atoms with Gasteiger partial charge in [-0.1, -0.05) is 6.07 Å². The first kappa shape index (κ1) is 15.6. The highest BCUT2D eigenvalue weighted by molar-refractivity contribution is 6.00. The van der Waals surface area contributed by atoms with Gasteiger partial charge in [0.25, 0.3) is 5.91 Å². The van der Waals surface area contributed by atoms with Crippen molar-refractivity contribution in [3.05, 3.63) is 36.2 Å². The summed E-state index contributed by atoms with van der Waals surface area (Å²) in [6.45, 7) is 5.33. The highest BCUT2D eigenvalue weighted by Gasteiger charge is 2.30. The van der Waals surface area contributed by atoms with E-state index in [4.69, 9.17) is 4.74 Å². The van der Waals surface area contributed by atoms with Crippen LogP contribution in [0.3, 0.4) is 0 Å². The third-order valence-corrected chi connectivity index (χ3v) is 5.12. The van der Waals surface area contributed by atoms with Crippen LogP contribution in [0.15, 0.2) is 30.6 Å². The summed E-state index contributed by atoms with van der Waals surface area (Å²) in [5, 5.41) is 4.32. The molecule has 0 saturated carbocycles. The summed E-state index contributed by atoms with van der Waals surface area (Å²) in [6.07, 6.45) is 6.96. The van der Waals surface area contributed by atoms with Crippen molar-refractivity contribution >= 4 is 11.4 Å². The molecule has 2 aromatic heterocycles. The van der Waals surface area contributed by atoms with Crippen LogP contribution >= 0.6 is 0 Å². The van der Waals surface area contributed by atoms with Crippen LogP contribution in [0.25, 0.3) is 5.52 Å². The molecule has 1 atom stereocenters. The highest BCUT2D eigenvalue weighted by atomic mass is 16.5. The van der Waals surface area contributed by atoms with Crippen LogP contribution in [0.2, 0.25) is 0 Å². The third-order valence-electron chi connectivity index (χ3n) is 5.12. The van der Waals surface area contributed by atoms with E-state index < -0.39 is 0 Å². The quantitative estimate of drug-likeness (QED) is 0.860. The highest BCUT2D eigenvalue weighted by Crippen LogP contribution is 2.22. The summed E-state index contributed by atoms with van der Waals surface area (Å²) in [5.74, 6) is 0.120. The lowest BCUT2D eigenvalue weighted by Crippen LogP contribution is -2.51. The van der Waals surface area contributed by atoms with E-state index in [1.807, 2.05) is 24.4 Å². The maximum atomic E-state index is 13.2. The number of hydrogen-bond donors (Lipinski definition) is 0. The van der Waals surface area contributed by atoms with Crippen LogP contribution in [0, 0.1) is 0 Å². The number of hydrogen-bond acceptors (Lipinski definition) is 4. The number of nitrogens with zero attached hydrogens (tertiary/aromatic N) is 4. The van der Waals surface area contributed by atoms with E-state index in [2.05, 4.69) is 14.9 Å². The molecule has 0 bridgehead atoms. The van der Waals surface area contributed by atoms with E-state index in [1.54, 1.807) is 10.7 Å². The van der Waals surface area contributed by atoms with Crippen molar-refractivity contribution < 1.29 is 9.53 Å². The normalized spacial score (nSPS) is 22.8. The monoisotopic (exact) mass is 328 g/mol. The van der Waals surface area contributed by atoms with Gasteiger partial charge in [0, 0.05) is 38.4 Å². The third kappa shape index (κ3) is 3.03. The molecule has 0 N–H and O–H groups in total. The van der Waals surface area contributed by atoms with E-state index in [-0.39, 0.29) is 5.91 Å². The molecule has 1 amide bonds. The minimum Gasteiger partial charge on any atom is -0.379 e. The summed E-state index contributed by atoms with van der Waals surface area (Å²) in [5.41, 5.74) is 1.60. The van der Waals surface area contributed by atoms with Gasteiger partial charge in [0.05, 0.1) is 30.5 Å². The number of ether oxygens (including phenoxy) is 1. The Kier molecular flexibility index (Phi) is 4.49. The average molecular weight is 328 g/mol. The number of morpholine rings is 1. The molecule has 0 radical (unpaired) electrons. The van der Waals surface area contributed by atoms with Crippen molar-refractivity contribution in [1.29, 1.82) is 0 Å². The van der Waals surface area contributed by atoms with Gasteiger partial charge in [-0.2, -0.15) is 5.10 Å². The molecule has 2 fully saturated rings. The zero-order chi connectivity index (χ0) is 16.4. The topological polar surface area (TPSA) is 50.1 Å². The van der Waals surface area contributed by atoms with E-state index in [0.717, 1.165) is 57.8 Å². The molecule has 2 saturated heterocycles. The Morgan fingerprint density at radius 2 is 2.08 bits per heavy atom. The molecule has 0 aliphatic carbocycles. The molecule has 4 rings (SSSR count). The van der Waals surface area contributed by atoms with Gasteiger partial charge < -0.3 is 9.64 Å². The van der Waals surface area contributed by atoms with Gasteiger partial charge in [0.1, 0.15) is 0 Å². The Balaban J connectivity index is 1.54. The zero-order valence-corrected chi connectivity index (χ0v) is 13.9. The lowest BCUT2D eigenvalue weighted by atomic mass is 10.00. The number of carbonyl (C=O) groups is 1. The predicted molar refractivity (Wildman–Crippen MR) is 91.1 cm³/mol. The molecular weight excluding hydrogens is 304 g/mol. The van der Waals surface area contributed by atoms with Gasteiger partial charge in [-0.3, -0.25) is 9.69 Å². The number of rotatable bonds is 3. The fraction of sp³-hybridized carbons (Fsp3) is 0.556. The van der Waals surface area contributed by atoms with Crippen LogP contribution in [-0.4, -0.2) is 70.8 Å². The van der Waals surface area contributed by atoms with E-state index in [9.17, 15) is 4.79 Å². The summed E-state index contributed by atoms with van der Waals surface area (Å²) in [6, 6.07) is 6.13. The standard InChI is InChI=1S/C18H24N4O2/c23-18(16-13-19-22-8-4-2-6-17(16)22)21-7-3-1-5-15(21)14-20-9-11-24-12-10-20/h2,4,6,8,13,15H,1,3,5,7,9-12,14H2/t15-/m1/s1. The van der Waals surface area contributed by atoms with Gasteiger partial charge in [0.15, 0.2) is 0 Å². The largest absolute Gasteiger partial charge is 0.379 e. The van der Waals surface area contributed by atoms with Crippen LogP contribution in [0.5, 0.6) is 0 Å². The summed E-state index contributed by atoms with van der Waals surface area (Å²) in [7, 11) is 0. The molecule has 0 unspecified atom stereocenters.